The number of carboxylic acid groups (broad SMARTS) is 2. The van der Waals surface area contributed by atoms with Gasteiger partial charge in [-0.05, 0) is 41.9 Å². The average Bonchev–Trinajstić information content (AvgIpc) is 3.66. The third-order valence-electron chi connectivity index (χ3n) is 8.72. The summed E-state index contributed by atoms with van der Waals surface area (Å²) in [5.41, 5.74) is 5.83. The summed E-state index contributed by atoms with van der Waals surface area (Å²) < 4.78 is 68.6. The summed E-state index contributed by atoms with van der Waals surface area (Å²) >= 11 is 0. The molecule has 0 aliphatic carbocycles. The number of aromatic nitrogens is 2. The van der Waals surface area contributed by atoms with Crippen LogP contribution in [-0.2, 0) is 45.8 Å². The van der Waals surface area contributed by atoms with Crippen LogP contribution in [0, 0.1) is 11.8 Å². The smallest absolute Gasteiger partial charge is 0.490 e. The number of nitrogens with zero attached hydrogens (tertiary/aromatic N) is 4. The van der Waals surface area contributed by atoms with Crippen molar-refractivity contribution in [1.82, 2.24) is 25.5 Å². The van der Waals surface area contributed by atoms with E-state index in [1.54, 1.807) is 0 Å². The topological polar surface area (TPSA) is 482 Å². The predicted molar refractivity (Wildman–Crippen MR) is 232 cm³/mol. The monoisotopic (exact) mass is 1060 g/mol. The number of azide groups is 1. The number of rotatable bonds is 26. The van der Waals surface area contributed by atoms with E-state index in [4.69, 9.17) is 34.3 Å². The highest BCUT2D eigenvalue weighted by Gasteiger charge is 2.43. The lowest BCUT2D eigenvalue weighted by Crippen LogP contribution is -2.34. The summed E-state index contributed by atoms with van der Waals surface area (Å²) in [6.45, 7) is -2.66. The van der Waals surface area contributed by atoms with Crippen LogP contribution in [-0.4, -0.2) is 145 Å². The van der Waals surface area contributed by atoms with Gasteiger partial charge in [0.1, 0.15) is 36.9 Å². The highest BCUT2D eigenvalue weighted by molar-refractivity contribution is 7.66. The lowest BCUT2D eigenvalue weighted by atomic mass is 10.1. The number of aromatic amines is 1. The maximum Gasteiger partial charge on any atom is 0.490 e. The van der Waals surface area contributed by atoms with E-state index in [-0.39, 0.29) is 68.3 Å². The zero-order valence-corrected chi connectivity index (χ0v) is 38.7. The molecule has 35 heteroatoms. The van der Waals surface area contributed by atoms with Crippen molar-refractivity contribution in [2.24, 2.45) is 5.11 Å². The van der Waals surface area contributed by atoms with Crippen LogP contribution in [0.2, 0.25) is 0 Å². The summed E-state index contributed by atoms with van der Waals surface area (Å²) in [7, 11) is -17.0. The molecule has 71 heavy (non-hydrogen) atoms. The number of aromatic carboxylic acids is 2. The van der Waals surface area contributed by atoms with Gasteiger partial charge in [0.15, 0.2) is 6.23 Å². The standard InChI is InChI=1S/C36H41N8O24P3/c37-43-42-29(19-64-25-5-1-3-20(14-25)31(47)39-7-8-40-32(48)22-11-23(34(50)51)13-24(12-22)35(52)53)63-10-9-62-18-28(46)38-6-2-4-21-16-44(36(54)41-33(21)49)30-15-26(45)27(66-30)17-65-70(58,59)68-71(60,61)67-69(55,56)57/h1,3,5,11-14,16,26-27,29-30,45H,6-10,15,17-19H2,(H,38,46)(H,39,47)(H,40,48)(H,50,51)(H,52,53)(H,58,59)(H,60,61)(H,41,49,54)(H2,55,56,57)/t26-,27+,29?,30+/m0/s1. The molecule has 0 radical (unpaired) electrons. The van der Waals surface area contributed by atoms with E-state index in [1.165, 1.54) is 24.3 Å². The van der Waals surface area contributed by atoms with E-state index in [1.807, 2.05) is 4.98 Å². The molecular weight excluding hydrogens is 1020 g/mol. The van der Waals surface area contributed by atoms with Crippen LogP contribution in [0.25, 0.3) is 10.4 Å². The van der Waals surface area contributed by atoms with Gasteiger partial charge in [-0.25, -0.2) is 28.1 Å². The quantitative estimate of drug-likeness (QED) is 0.0118. The molecule has 3 amide bonds. The van der Waals surface area contributed by atoms with Crippen LogP contribution < -0.4 is 31.9 Å². The van der Waals surface area contributed by atoms with Crippen molar-refractivity contribution in [3.63, 3.8) is 0 Å². The minimum absolute atomic E-state index is 0.0714. The molecule has 4 rings (SSSR count). The molecule has 0 spiro atoms. The molecule has 11 N–H and O–H groups in total. The van der Waals surface area contributed by atoms with Crippen molar-refractivity contribution >= 4 is 53.1 Å². The lowest BCUT2D eigenvalue weighted by molar-refractivity contribution is -0.126. The van der Waals surface area contributed by atoms with Crippen LogP contribution in [0.4, 0.5) is 0 Å². The predicted octanol–water partition coefficient (Wildman–Crippen LogP) is -0.699. The van der Waals surface area contributed by atoms with Gasteiger partial charge in [-0.3, -0.25) is 33.3 Å². The molecule has 2 aromatic carbocycles. The number of ether oxygens (including phenoxy) is 4. The third kappa shape index (κ3) is 19.3. The molecule has 384 valence electrons. The SMILES string of the molecule is [N-]=[N+]=NC(COc1cccc(C(=O)NCCNC(=O)c2cc(C(=O)O)cc(C(=O)O)c2)c1)OCCOCC(=O)NCC#Cc1cn([C@H]2C[C@H](O)[C@@H](COP(=O)(O)OP(=O)(O)OP(=O)(O)O)O2)c(=O)[nH]c1=O. The Morgan fingerprint density at radius 1 is 0.901 bits per heavy atom. The van der Waals surface area contributed by atoms with Crippen LogP contribution >= 0.6 is 23.5 Å². The molecule has 3 aromatic rings. The van der Waals surface area contributed by atoms with Gasteiger partial charge in [0.2, 0.25) is 5.91 Å². The van der Waals surface area contributed by atoms with Crippen molar-refractivity contribution in [1.29, 1.82) is 0 Å². The number of aliphatic hydroxyl groups excluding tert-OH is 1. The third-order valence-corrected chi connectivity index (χ3v) is 12.5. The Morgan fingerprint density at radius 3 is 2.18 bits per heavy atom. The number of phosphoric ester groups is 1. The molecular formula is C36H41N8O24P3. The molecule has 1 aromatic heterocycles. The number of hydrogen-bond donors (Lipinski definition) is 11. The van der Waals surface area contributed by atoms with Gasteiger partial charge in [0.25, 0.3) is 17.4 Å². The second kappa shape index (κ2) is 26.0. The number of carbonyl (C=O) groups is 5. The fourth-order valence-electron chi connectivity index (χ4n) is 5.67. The Bertz CT molecular complexity index is 2820. The number of amides is 3. The molecule has 0 bridgehead atoms. The number of H-pyrrole nitrogens is 1. The second-order valence-corrected chi connectivity index (χ2v) is 18.4. The van der Waals surface area contributed by atoms with Crippen molar-refractivity contribution in [2.45, 2.75) is 31.1 Å². The zero-order valence-electron chi connectivity index (χ0n) is 36.0. The maximum atomic E-state index is 12.7. The first-order valence-electron chi connectivity index (χ1n) is 19.7. The number of aliphatic hydroxyl groups is 1. The summed E-state index contributed by atoms with van der Waals surface area (Å²) in [5.74, 6) is 0.249. The highest BCUT2D eigenvalue weighted by Crippen LogP contribution is 2.66. The molecule has 1 saturated heterocycles. The van der Waals surface area contributed by atoms with Crippen molar-refractivity contribution in [2.75, 3.05) is 52.7 Å². The van der Waals surface area contributed by atoms with Crippen molar-refractivity contribution in [3.8, 4) is 17.6 Å². The number of carboxylic acids is 2. The minimum Gasteiger partial charge on any atom is -0.491 e. The van der Waals surface area contributed by atoms with Gasteiger partial charge >= 0.3 is 41.1 Å². The van der Waals surface area contributed by atoms with Gasteiger partial charge in [0.05, 0.1) is 43.6 Å². The van der Waals surface area contributed by atoms with E-state index in [0.717, 1.165) is 29.0 Å². The fourth-order valence-corrected chi connectivity index (χ4v) is 8.69. The fraction of sp³-hybridized carbons (Fsp3) is 0.361. The van der Waals surface area contributed by atoms with Crippen LogP contribution in [0.3, 0.4) is 0 Å². The Balaban J connectivity index is 1.16. The van der Waals surface area contributed by atoms with Gasteiger partial charge < -0.3 is 69.8 Å². The molecule has 32 nitrogen and oxygen atoms in total. The first-order chi connectivity index (χ1) is 33.3. The average molecular weight is 1060 g/mol. The number of carbonyl (C=O) groups excluding carboxylic acids is 3. The van der Waals surface area contributed by atoms with E-state index in [2.05, 4.69) is 51.0 Å². The number of benzene rings is 2. The summed E-state index contributed by atoms with van der Waals surface area (Å²) in [6.07, 6.45) is -4.91. The van der Waals surface area contributed by atoms with Gasteiger partial charge in [-0.1, -0.05) is 23.0 Å². The summed E-state index contributed by atoms with van der Waals surface area (Å²) in [6, 6.07) is 8.74. The molecule has 2 heterocycles. The highest BCUT2D eigenvalue weighted by atomic mass is 31.3. The molecule has 6 atom stereocenters. The van der Waals surface area contributed by atoms with E-state index >= 15 is 0 Å². The minimum atomic E-state index is -5.82. The first-order valence-corrected chi connectivity index (χ1v) is 24.2. The Labute approximate surface area is 396 Å². The number of hydrogen-bond acceptors (Lipinski definition) is 19. The van der Waals surface area contributed by atoms with Gasteiger partial charge in [-0.2, -0.15) is 8.62 Å². The van der Waals surface area contributed by atoms with E-state index < -0.39 is 113 Å². The van der Waals surface area contributed by atoms with Crippen LogP contribution in [0.15, 0.2) is 63.4 Å². The molecule has 1 aliphatic rings. The first kappa shape index (κ1) is 57.0. The zero-order chi connectivity index (χ0) is 52.5. The molecule has 1 fully saturated rings. The van der Waals surface area contributed by atoms with Crippen molar-refractivity contribution < 1.29 is 105 Å². The Morgan fingerprint density at radius 2 is 1.55 bits per heavy atom. The maximum absolute atomic E-state index is 12.7. The molecule has 1 aliphatic heterocycles. The van der Waals surface area contributed by atoms with Crippen LogP contribution in [0.1, 0.15) is 59.6 Å². The van der Waals surface area contributed by atoms with Gasteiger partial charge in [0, 0.05) is 41.7 Å². The van der Waals surface area contributed by atoms with Gasteiger partial charge in [-0.15, -0.1) is 0 Å². The van der Waals surface area contributed by atoms with Crippen molar-refractivity contribution in [3.05, 3.63) is 108 Å². The number of nitrogens with one attached hydrogen (secondary N) is 4. The summed E-state index contributed by atoms with van der Waals surface area (Å²) in [5, 5.41) is 39.7. The number of phosphoric acid groups is 3. The van der Waals surface area contributed by atoms with Crippen LogP contribution in [0.5, 0.6) is 5.75 Å². The van der Waals surface area contributed by atoms with E-state index in [9.17, 15) is 72.4 Å². The summed E-state index contributed by atoms with van der Waals surface area (Å²) in [4.78, 5) is 126. The second-order valence-electron chi connectivity index (χ2n) is 13.9. The largest absolute Gasteiger partial charge is 0.491 e. The Hall–Kier alpha value is -6.61. The molecule has 3 unspecified atom stereocenters. The molecule has 0 saturated carbocycles. The normalized spacial score (nSPS) is 17.5. The van der Waals surface area contributed by atoms with E-state index in [0.29, 0.717) is 0 Å². The lowest BCUT2D eigenvalue weighted by Gasteiger charge is -2.19. The Kier molecular flexibility index (Phi) is 20.9.